The third-order valence-electron chi connectivity index (χ3n) is 7.35. The number of hydrogen-bond acceptors (Lipinski definition) is 6. The Hall–Kier alpha value is -4.07. The number of nitrogen functional groups attached to an aromatic ring is 1. The number of hydrogen-bond donors (Lipinski definition) is 2. The fraction of sp³-hybridized carbons (Fsp3) is 0.387. The number of fused-ring (bicyclic) bond motifs is 1. The molecule has 0 aliphatic carbocycles. The van der Waals surface area contributed by atoms with Crippen molar-refractivity contribution in [2.45, 2.75) is 58.7 Å². The Kier molecular flexibility index (Phi) is 6.97. The minimum absolute atomic E-state index is 0.0230. The van der Waals surface area contributed by atoms with Crippen molar-refractivity contribution in [1.82, 2.24) is 15.2 Å². The number of nitrogens with one attached hydrogen (secondary N) is 1. The molecule has 2 aromatic carbocycles. The molecule has 5 rings (SSSR count). The van der Waals surface area contributed by atoms with Gasteiger partial charge < -0.3 is 20.7 Å². The molecule has 39 heavy (non-hydrogen) atoms. The van der Waals surface area contributed by atoms with Gasteiger partial charge in [-0.05, 0) is 82.0 Å². The Morgan fingerprint density at radius 1 is 0.974 bits per heavy atom. The number of aromatic nitrogens is 1. The van der Waals surface area contributed by atoms with E-state index < -0.39 is 5.60 Å². The van der Waals surface area contributed by atoms with E-state index in [-0.39, 0.29) is 24.1 Å². The summed E-state index contributed by atoms with van der Waals surface area (Å²) in [5.41, 5.74) is 12.4. The van der Waals surface area contributed by atoms with Gasteiger partial charge in [0, 0.05) is 48.2 Å². The Labute approximate surface area is 230 Å². The molecule has 0 unspecified atom stereocenters. The van der Waals surface area contributed by atoms with Crippen LogP contribution in [0.3, 0.4) is 0 Å². The monoisotopic (exact) mass is 527 g/mol. The molecule has 2 amide bonds. The first-order chi connectivity index (χ1) is 18.5. The molecule has 0 bridgehead atoms. The molecule has 3 N–H and O–H groups in total. The molecule has 0 radical (unpaired) electrons. The van der Waals surface area contributed by atoms with Crippen LogP contribution in [-0.4, -0.2) is 59.2 Å². The third kappa shape index (κ3) is 5.55. The van der Waals surface area contributed by atoms with Gasteiger partial charge in [-0.15, -0.1) is 0 Å². The summed E-state index contributed by atoms with van der Waals surface area (Å²) in [4.78, 5) is 33.6. The molecule has 3 heterocycles. The van der Waals surface area contributed by atoms with E-state index in [0.29, 0.717) is 12.4 Å². The van der Waals surface area contributed by atoms with Crippen molar-refractivity contribution in [1.29, 1.82) is 0 Å². The molecule has 1 fully saturated rings. The van der Waals surface area contributed by atoms with E-state index in [9.17, 15) is 9.59 Å². The molecule has 204 valence electrons. The van der Waals surface area contributed by atoms with Crippen molar-refractivity contribution < 1.29 is 14.3 Å². The van der Waals surface area contributed by atoms with Gasteiger partial charge in [0.1, 0.15) is 11.4 Å². The second-order valence-electron chi connectivity index (χ2n) is 11.6. The molecule has 2 aliphatic rings. The van der Waals surface area contributed by atoms with Gasteiger partial charge >= 0.3 is 6.09 Å². The lowest BCUT2D eigenvalue weighted by Crippen LogP contribution is -2.59. The van der Waals surface area contributed by atoms with Crippen LogP contribution in [0.4, 0.5) is 16.3 Å². The van der Waals surface area contributed by atoms with E-state index in [1.165, 1.54) is 0 Å². The maximum Gasteiger partial charge on any atom is 0.410 e. The summed E-state index contributed by atoms with van der Waals surface area (Å²) in [6, 6.07) is 16.4. The van der Waals surface area contributed by atoms with E-state index in [1.54, 1.807) is 6.20 Å². The quantitative estimate of drug-likeness (QED) is 0.491. The maximum atomic E-state index is 12.8. The highest BCUT2D eigenvalue weighted by Gasteiger charge is 2.35. The number of amides is 2. The second-order valence-corrected chi connectivity index (χ2v) is 11.6. The van der Waals surface area contributed by atoms with Crippen LogP contribution in [0.25, 0.3) is 22.3 Å². The number of carbonyl (C=O) groups excluding carboxylic acids is 2. The summed E-state index contributed by atoms with van der Waals surface area (Å²) >= 11 is 0. The Morgan fingerprint density at radius 2 is 1.64 bits per heavy atom. The lowest BCUT2D eigenvalue weighted by atomic mass is 9.94. The van der Waals surface area contributed by atoms with Crippen LogP contribution in [0.15, 0.2) is 54.7 Å². The van der Waals surface area contributed by atoms with Crippen LogP contribution in [0.2, 0.25) is 0 Å². The summed E-state index contributed by atoms with van der Waals surface area (Å²) in [5, 5.41) is 2.89. The van der Waals surface area contributed by atoms with Crippen molar-refractivity contribution >= 4 is 23.5 Å². The van der Waals surface area contributed by atoms with Crippen molar-refractivity contribution in [3.63, 3.8) is 0 Å². The van der Waals surface area contributed by atoms with E-state index in [4.69, 9.17) is 10.5 Å². The second kappa shape index (κ2) is 10.2. The minimum Gasteiger partial charge on any atom is -0.444 e. The zero-order valence-electron chi connectivity index (χ0n) is 23.3. The van der Waals surface area contributed by atoms with Crippen molar-refractivity contribution in [3.8, 4) is 22.3 Å². The Morgan fingerprint density at radius 3 is 2.31 bits per heavy atom. The van der Waals surface area contributed by atoms with E-state index >= 15 is 0 Å². The summed E-state index contributed by atoms with van der Waals surface area (Å²) in [6.07, 6.45) is 2.34. The number of carbonyl (C=O) groups is 2. The minimum atomic E-state index is -0.517. The smallest absolute Gasteiger partial charge is 0.410 e. The van der Waals surface area contributed by atoms with Crippen LogP contribution >= 0.6 is 0 Å². The topological polar surface area (TPSA) is 101 Å². The average molecular weight is 528 g/mol. The number of pyridine rings is 1. The third-order valence-corrected chi connectivity index (χ3v) is 7.35. The highest BCUT2D eigenvalue weighted by Crippen LogP contribution is 2.33. The summed E-state index contributed by atoms with van der Waals surface area (Å²) in [5.74, 6) is 0.430. The number of benzene rings is 2. The number of rotatable bonds is 3. The van der Waals surface area contributed by atoms with Crippen LogP contribution in [0, 0.1) is 0 Å². The van der Waals surface area contributed by atoms with Crippen LogP contribution < -0.4 is 16.0 Å². The van der Waals surface area contributed by atoms with Gasteiger partial charge in [-0.1, -0.05) is 24.3 Å². The predicted molar refractivity (Wildman–Crippen MR) is 155 cm³/mol. The highest BCUT2D eigenvalue weighted by atomic mass is 16.6. The van der Waals surface area contributed by atoms with Crippen molar-refractivity contribution in [2.24, 2.45) is 0 Å². The zero-order valence-corrected chi connectivity index (χ0v) is 23.3. The molecule has 0 spiro atoms. The SMILES string of the molecule is C[C@@H]1CN(c2ccc(-c3cnc(N)c(-c4ccc5c(c4)CCNC5=O)c3)cc2)C[C@H](C)N1C(=O)OC(C)(C)C. The highest BCUT2D eigenvalue weighted by molar-refractivity contribution is 5.97. The molecule has 1 aromatic heterocycles. The standard InChI is InChI=1S/C31H37N5O3/c1-19-17-35(18-20(2)36(19)30(38)39-31(3,4)5)25-9-6-21(7-10-25)24-15-27(28(32)34-16-24)22-8-11-26-23(14-22)12-13-33-29(26)37/h6-11,14-16,19-20H,12-13,17-18H2,1-5H3,(H2,32,34)(H,33,37)/t19-,20+. The molecular formula is C31H37N5O3. The van der Waals surface area contributed by atoms with Gasteiger partial charge in [0.2, 0.25) is 0 Å². The summed E-state index contributed by atoms with van der Waals surface area (Å²) in [6.45, 7) is 11.9. The first-order valence-corrected chi connectivity index (χ1v) is 13.5. The molecular weight excluding hydrogens is 490 g/mol. The fourth-order valence-corrected chi connectivity index (χ4v) is 5.53. The molecule has 1 saturated heterocycles. The lowest BCUT2D eigenvalue weighted by molar-refractivity contribution is 0.00565. The zero-order chi connectivity index (χ0) is 27.9. The molecule has 2 atom stereocenters. The summed E-state index contributed by atoms with van der Waals surface area (Å²) in [7, 11) is 0. The Bertz CT molecular complexity index is 1380. The van der Waals surface area contributed by atoms with E-state index in [2.05, 4.69) is 59.4 Å². The van der Waals surface area contributed by atoms with Gasteiger partial charge in [-0.25, -0.2) is 9.78 Å². The molecule has 3 aromatic rings. The van der Waals surface area contributed by atoms with Crippen LogP contribution in [-0.2, 0) is 11.2 Å². The molecule has 8 heteroatoms. The van der Waals surface area contributed by atoms with Gasteiger partial charge in [0.25, 0.3) is 5.91 Å². The number of piperazine rings is 1. The number of nitrogens with zero attached hydrogens (tertiary/aromatic N) is 3. The van der Waals surface area contributed by atoms with Gasteiger partial charge in [0.05, 0.1) is 12.1 Å². The first-order valence-electron chi connectivity index (χ1n) is 13.5. The van der Waals surface area contributed by atoms with E-state index in [1.807, 2.05) is 43.9 Å². The van der Waals surface area contributed by atoms with Gasteiger partial charge in [0.15, 0.2) is 0 Å². The number of anilines is 2. The van der Waals surface area contributed by atoms with Crippen molar-refractivity contribution in [2.75, 3.05) is 30.3 Å². The lowest BCUT2D eigenvalue weighted by Gasteiger charge is -2.45. The Balaban J connectivity index is 1.34. The van der Waals surface area contributed by atoms with Gasteiger partial charge in [-0.3, -0.25) is 9.69 Å². The van der Waals surface area contributed by atoms with Gasteiger partial charge in [-0.2, -0.15) is 0 Å². The normalized spacial score (nSPS) is 19.4. The molecule has 0 saturated carbocycles. The fourth-order valence-electron chi connectivity index (χ4n) is 5.53. The number of nitrogens with two attached hydrogens (primary N) is 1. The maximum absolute atomic E-state index is 12.8. The van der Waals surface area contributed by atoms with Crippen molar-refractivity contribution in [3.05, 3.63) is 65.9 Å². The largest absolute Gasteiger partial charge is 0.444 e. The van der Waals surface area contributed by atoms with Crippen LogP contribution in [0.1, 0.15) is 50.5 Å². The molecule has 8 nitrogen and oxygen atoms in total. The number of ether oxygens (including phenoxy) is 1. The van der Waals surface area contributed by atoms with Crippen LogP contribution in [0.5, 0.6) is 0 Å². The average Bonchev–Trinajstić information content (AvgIpc) is 2.87. The predicted octanol–water partition coefficient (Wildman–Crippen LogP) is 5.12. The van der Waals surface area contributed by atoms with E-state index in [0.717, 1.165) is 58.6 Å². The first kappa shape index (κ1) is 26.5. The molecule has 2 aliphatic heterocycles. The summed E-state index contributed by atoms with van der Waals surface area (Å²) < 4.78 is 5.64.